The zero-order valence-corrected chi connectivity index (χ0v) is 11.9. The maximum Gasteiger partial charge on any atom is 0.0497 e. The van der Waals surface area contributed by atoms with Gasteiger partial charge < -0.3 is 5.11 Å². The van der Waals surface area contributed by atoms with E-state index in [-0.39, 0.29) is 12.5 Å². The minimum atomic E-state index is 0.206. The summed E-state index contributed by atoms with van der Waals surface area (Å²) in [5.74, 6) is 0.215. The van der Waals surface area contributed by atoms with E-state index in [1.807, 2.05) is 6.92 Å². The Morgan fingerprint density at radius 3 is 2.65 bits per heavy atom. The molecule has 2 rings (SSSR count). The van der Waals surface area contributed by atoms with Gasteiger partial charge in [-0.25, -0.2) is 0 Å². The lowest BCUT2D eigenvalue weighted by atomic mass is 10.0. The molecule has 1 heterocycles. The number of likely N-dealkylation sites (tertiary alicyclic amines) is 1. The van der Waals surface area contributed by atoms with E-state index >= 15 is 0 Å². The summed E-state index contributed by atoms with van der Waals surface area (Å²) in [6, 6.07) is 6.47. The van der Waals surface area contributed by atoms with Gasteiger partial charge in [0.05, 0.1) is 0 Å². The van der Waals surface area contributed by atoms with Crippen LogP contribution in [0.1, 0.15) is 36.8 Å². The van der Waals surface area contributed by atoms with Gasteiger partial charge in [0.15, 0.2) is 0 Å². The third-order valence-corrected chi connectivity index (χ3v) is 4.25. The molecule has 1 saturated heterocycles. The van der Waals surface area contributed by atoms with Gasteiger partial charge in [-0.1, -0.05) is 35.0 Å². The van der Waals surface area contributed by atoms with E-state index in [0.29, 0.717) is 0 Å². The molecule has 0 aromatic heterocycles. The molecule has 2 nitrogen and oxygen atoms in total. The molecule has 0 aliphatic carbocycles. The highest BCUT2D eigenvalue weighted by molar-refractivity contribution is 9.10. The summed E-state index contributed by atoms with van der Waals surface area (Å²) in [6.07, 6.45) is 2.66. The van der Waals surface area contributed by atoms with E-state index in [2.05, 4.69) is 39.0 Å². The Morgan fingerprint density at radius 2 is 2.06 bits per heavy atom. The predicted molar refractivity (Wildman–Crippen MR) is 74.2 cm³/mol. The SMILES string of the molecule is CC(CO)c1ccc(CN2CCCC2)c(Br)c1. The third-order valence-electron chi connectivity index (χ3n) is 3.51. The van der Waals surface area contributed by atoms with Gasteiger partial charge in [-0.05, 0) is 43.1 Å². The molecule has 1 atom stereocenters. The molecule has 1 unspecified atom stereocenters. The van der Waals surface area contributed by atoms with Crippen LogP contribution in [0, 0.1) is 0 Å². The molecule has 0 saturated carbocycles. The van der Waals surface area contributed by atoms with Crippen LogP contribution in [0.2, 0.25) is 0 Å². The number of aliphatic hydroxyl groups excluding tert-OH is 1. The first-order chi connectivity index (χ1) is 8.20. The number of hydrogen-bond acceptors (Lipinski definition) is 2. The summed E-state index contributed by atoms with van der Waals surface area (Å²) in [6.45, 7) is 5.73. The fourth-order valence-corrected chi connectivity index (χ4v) is 2.81. The highest BCUT2D eigenvalue weighted by Gasteiger charge is 2.14. The molecule has 1 aliphatic heterocycles. The van der Waals surface area contributed by atoms with Gasteiger partial charge in [-0.3, -0.25) is 4.90 Å². The van der Waals surface area contributed by atoms with Gasteiger partial charge in [0.2, 0.25) is 0 Å². The summed E-state index contributed by atoms with van der Waals surface area (Å²) >= 11 is 3.64. The van der Waals surface area contributed by atoms with Crippen molar-refractivity contribution in [2.24, 2.45) is 0 Å². The Hall–Kier alpha value is -0.380. The molecule has 1 aromatic carbocycles. The predicted octanol–water partition coefficient (Wildman–Crippen LogP) is 3.14. The topological polar surface area (TPSA) is 23.5 Å². The van der Waals surface area contributed by atoms with Crippen molar-refractivity contribution < 1.29 is 5.11 Å². The highest BCUT2D eigenvalue weighted by Crippen LogP contribution is 2.25. The van der Waals surface area contributed by atoms with Crippen LogP contribution in [0.3, 0.4) is 0 Å². The zero-order chi connectivity index (χ0) is 12.3. The quantitative estimate of drug-likeness (QED) is 0.923. The van der Waals surface area contributed by atoms with E-state index in [9.17, 15) is 0 Å². The average molecular weight is 298 g/mol. The van der Waals surface area contributed by atoms with Gasteiger partial charge in [-0.2, -0.15) is 0 Å². The summed E-state index contributed by atoms with van der Waals surface area (Å²) in [5, 5.41) is 9.15. The number of halogens is 1. The smallest absolute Gasteiger partial charge is 0.0497 e. The Balaban J connectivity index is 2.08. The Labute approximate surface area is 112 Å². The van der Waals surface area contributed by atoms with Gasteiger partial charge in [0.1, 0.15) is 0 Å². The fourth-order valence-electron chi connectivity index (χ4n) is 2.29. The fraction of sp³-hybridized carbons (Fsp3) is 0.571. The zero-order valence-electron chi connectivity index (χ0n) is 10.3. The lowest BCUT2D eigenvalue weighted by molar-refractivity contribution is 0.273. The maximum atomic E-state index is 9.15. The molecule has 17 heavy (non-hydrogen) atoms. The Morgan fingerprint density at radius 1 is 1.35 bits per heavy atom. The summed E-state index contributed by atoms with van der Waals surface area (Å²) < 4.78 is 1.17. The monoisotopic (exact) mass is 297 g/mol. The number of rotatable bonds is 4. The second kappa shape index (κ2) is 5.98. The van der Waals surface area contributed by atoms with E-state index in [4.69, 9.17) is 5.11 Å². The molecule has 0 amide bonds. The molecule has 3 heteroatoms. The highest BCUT2D eigenvalue weighted by atomic mass is 79.9. The van der Waals surface area contributed by atoms with Crippen LogP contribution in [-0.4, -0.2) is 29.7 Å². The molecule has 94 valence electrons. The Kier molecular flexibility index (Phi) is 4.60. The third kappa shape index (κ3) is 3.30. The standard InChI is InChI=1S/C14H20BrNO/c1-11(10-17)12-4-5-13(14(15)8-12)9-16-6-2-3-7-16/h4-5,8,11,17H,2-3,6-7,9-10H2,1H3. The van der Waals surface area contributed by atoms with E-state index in [1.165, 1.54) is 41.5 Å². The van der Waals surface area contributed by atoms with Crippen molar-refractivity contribution in [1.82, 2.24) is 4.90 Å². The lowest BCUT2D eigenvalue weighted by Gasteiger charge is -2.17. The number of benzene rings is 1. The molecule has 1 aliphatic rings. The molecule has 1 N–H and O–H groups in total. The van der Waals surface area contributed by atoms with Crippen LogP contribution in [0.5, 0.6) is 0 Å². The van der Waals surface area contributed by atoms with Crippen molar-refractivity contribution in [2.45, 2.75) is 32.2 Å². The Bertz CT molecular complexity index is 374. The molecule has 0 spiro atoms. The summed E-state index contributed by atoms with van der Waals surface area (Å²) in [7, 11) is 0. The van der Waals surface area contributed by atoms with Crippen molar-refractivity contribution in [3.8, 4) is 0 Å². The van der Waals surface area contributed by atoms with Crippen LogP contribution >= 0.6 is 15.9 Å². The van der Waals surface area contributed by atoms with E-state index in [1.54, 1.807) is 0 Å². The first-order valence-corrected chi connectivity index (χ1v) is 7.11. The molecular formula is C14H20BrNO. The number of hydrogen-bond donors (Lipinski definition) is 1. The van der Waals surface area contributed by atoms with Crippen molar-refractivity contribution >= 4 is 15.9 Å². The van der Waals surface area contributed by atoms with Gasteiger partial charge in [-0.15, -0.1) is 0 Å². The van der Waals surface area contributed by atoms with Gasteiger partial charge in [0, 0.05) is 23.5 Å². The molecule has 1 aromatic rings. The van der Waals surface area contributed by atoms with Crippen molar-refractivity contribution in [1.29, 1.82) is 0 Å². The minimum Gasteiger partial charge on any atom is -0.396 e. The molecule has 1 fully saturated rings. The van der Waals surface area contributed by atoms with Crippen molar-refractivity contribution in [2.75, 3.05) is 19.7 Å². The van der Waals surface area contributed by atoms with Crippen LogP contribution in [-0.2, 0) is 6.54 Å². The summed E-state index contributed by atoms with van der Waals surface area (Å²) in [4.78, 5) is 2.50. The van der Waals surface area contributed by atoms with Gasteiger partial charge >= 0.3 is 0 Å². The average Bonchev–Trinajstić information content (AvgIpc) is 2.83. The summed E-state index contributed by atoms with van der Waals surface area (Å²) in [5.41, 5.74) is 2.55. The first kappa shape index (κ1) is 13.1. The maximum absolute atomic E-state index is 9.15. The van der Waals surface area contributed by atoms with Crippen LogP contribution in [0.15, 0.2) is 22.7 Å². The largest absolute Gasteiger partial charge is 0.396 e. The second-order valence-electron chi connectivity index (χ2n) is 4.92. The van der Waals surface area contributed by atoms with E-state index < -0.39 is 0 Å². The lowest BCUT2D eigenvalue weighted by Crippen LogP contribution is -2.18. The number of nitrogens with zero attached hydrogens (tertiary/aromatic N) is 1. The number of aliphatic hydroxyl groups is 1. The molecular weight excluding hydrogens is 278 g/mol. The van der Waals surface area contributed by atoms with E-state index in [0.717, 1.165) is 6.54 Å². The normalized spacial score (nSPS) is 18.5. The van der Waals surface area contributed by atoms with Crippen LogP contribution in [0.4, 0.5) is 0 Å². The molecule has 0 bridgehead atoms. The van der Waals surface area contributed by atoms with Crippen molar-refractivity contribution in [3.63, 3.8) is 0 Å². The van der Waals surface area contributed by atoms with Crippen LogP contribution < -0.4 is 0 Å². The molecule has 0 radical (unpaired) electrons. The second-order valence-corrected chi connectivity index (χ2v) is 5.77. The first-order valence-electron chi connectivity index (χ1n) is 6.32. The van der Waals surface area contributed by atoms with Gasteiger partial charge in [0.25, 0.3) is 0 Å². The van der Waals surface area contributed by atoms with Crippen molar-refractivity contribution in [3.05, 3.63) is 33.8 Å². The van der Waals surface area contributed by atoms with Crippen LogP contribution in [0.25, 0.3) is 0 Å². The minimum absolute atomic E-state index is 0.206.